The van der Waals surface area contributed by atoms with Gasteiger partial charge in [0, 0.05) is 30.5 Å². The van der Waals surface area contributed by atoms with E-state index in [2.05, 4.69) is 5.32 Å². The van der Waals surface area contributed by atoms with E-state index in [1.807, 2.05) is 24.0 Å². The van der Waals surface area contributed by atoms with Crippen LogP contribution in [0.5, 0.6) is 0 Å². The number of ether oxygens (including phenoxy) is 1. The Bertz CT molecular complexity index is 419. The zero-order chi connectivity index (χ0) is 13.7. The molecule has 0 bridgehead atoms. The molecule has 1 aromatic rings. The van der Waals surface area contributed by atoms with E-state index < -0.39 is 0 Å². The van der Waals surface area contributed by atoms with E-state index in [4.69, 9.17) is 16.3 Å². The Kier molecular flexibility index (Phi) is 5.48. The molecule has 1 N–H and O–H groups in total. The van der Waals surface area contributed by atoms with Crippen LogP contribution < -0.4 is 5.32 Å². The zero-order valence-corrected chi connectivity index (χ0v) is 12.6. The van der Waals surface area contributed by atoms with E-state index in [1.165, 1.54) is 11.3 Å². The topological polar surface area (TPSA) is 41.6 Å². The number of thiophene rings is 1. The molecule has 2 heterocycles. The second-order valence-corrected chi connectivity index (χ2v) is 6.43. The highest BCUT2D eigenvalue weighted by Gasteiger charge is 2.21. The first-order valence-electron chi connectivity index (χ1n) is 6.53. The van der Waals surface area contributed by atoms with E-state index >= 15 is 0 Å². The third kappa shape index (κ3) is 4.37. The van der Waals surface area contributed by atoms with Gasteiger partial charge in [0.2, 0.25) is 0 Å². The molecule has 6 heteroatoms. The molecule has 0 unspecified atom stereocenters. The number of carbonyl (C=O) groups excluding carboxylic acids is 1. The minimum Gasteiger partial charge on any atom is -0.381 e. The Hall–Kier alpha value is -0.780. The van der Waals surface area contributed by atoms with Gasteiger partial charge in [-0.3, -0.25) is 0 Å². The van der Waals surface area contributed by atoms with Crippen molar-refractivity contribution in [2.45, 2.75) is 19.9 Å². The second-order valence-electron chi connectivity index (χ2n) is 4.63. The van der Waals surface area contributed by atoms with Crippen molar-refractivity contribution in [3.8, 4) is 0 Å². The Morgan fingerprint density at radius 2 is 2.47 bits per heavy atom. The predicted molar refractivity (Wildman–Crippen MR) is 77.7 cm³/mol. The maximum Gasteiger partial charge on any atom is 0.317 e. The van der Waals surface area contributed by atoms with Gasteiger partial charge >= 0.3 is 6.03 Å². The van der Waals surface area contributed by atoms with Crippen LogP contribution >= 0.6 is 22.9 Å². The number of urea groups is 1. The van der Waals surface area contributed by atoms with Crippen LogP contribution in [0.2, 0.25) is 4.34 Å². The van der Waals surface area contributed by atoms with Gasteiger partial charge in [0.15, 0.2) is 0 Å². The molecule has 1 aliphatic heterocycles. The van der Waals surface area contributed by atoms with E-state index in [9.17, 15) is 4.79 Å². The van der Waals surface area contributed by atoms with Crippen LogP contribution in [0.1, 0.15) is 18.2 Å². The van der Waals surface area contributed by atoms with Gasteiger partial charge in [-0.1, -0.05) is 11.6 Å². The molecule has 106 valence electrons. The van der Waals surface area contributed by atoms with E-state index in [1.54, 1.807) is 0 Å². The van der Waals surface area contributed by atoms with Gasteiger partial charge in [0.05, 0.1) is 17.5 Å². The maximum atomic E-state index is 12.1. The van der Waals surface area contributed by atoms with Gasteiger partial charge in [0.1, 0.15) is 0 Å². The summed E-state index contributed by atoms with van der Waals surface area (Å²) in [7, 11) is 0. The summed E-state index contributed by atoms with van der Waals surface area (Å²) in [6.45, 7) is 5.61. The van der Waals surface area contributed by atoms with Crippen LogP contribution in [0.3, 0.4) is 0 Å². The minimum absolute atomic E-state index is 0.0149. The molecule has 4 nitrogen and oxygen atoms in total. The molecule has 2 rings (SSSR count). The van der Waals surface area contributed by atoms with Crippen LogP contribution in [0.25, 0.3) is 0 Å². The SMILES string of the molecule is CCN(C[C@@H]1CCOC1)C(=O)NCc1ccc(Cl)s1. The largest absolute Gasteiger partial charge is 0.381 e. The molecule has 0 aromatic carbocycles. The van der Waals surface area contributed by atoms with Crippen LogP contribution in [0.15, 0.2) is 12.1 Å². The van der Waals surface area contributed by atoms with Gasteiger partial charge in [-0.05, 0) is 25.5 Å². The zero-order valence-electron chi connectivity index (χ0n) is 11.0. The van der Waals surface area contributed by atoms with Crippen molar-refractivity contribution in [2.75, 3.05) is 26.3 Å². The average Bonchev–Trinajstić information content (AvgIpc) is 3.04. The van der Waals surface area contributed by atoms with Crippen molar-refractivity contribution >= 4 is 29.0 Å². The van der Waals surface area contributed by atoms with Gasteiger partial charge in [-0.2, -0.15) is 0 Å². The maximum absolute atomic E-state index is 12.1. The summed E-state index contributed by atoms with van der Waals surface area (Å²) < 4.78 is 6.09. The fourth-order valence-corrected chi connectivity index (χ4v) is 3.14. The lowest BCUT2D eigenvalue weighted by molar-refractivity contribution is 0.166. The lowest BCUT2D eigenvalue weighted by Crippen LogP contribution is -2.42. The Labute approximate surface area is 122 Å². The highest BCUT2D eigenvalue weighted by atomic mass is 35.5. The molecule has 1 saturated heterocycles. The number of rotatable bonds is 5. The summed E-state index contributed by atoms with van der Waals surface area (Å²) in [6, 6.07) is 3.77. The lowest BCUT2D eigenvalue weighted by Gasteiger charge is -2.23. The van der Waals surface area contributed by atoms with Gasteiger partial charge < -0.3 is 15.0 Å². The lowest BCUT2D eigenvalue weighted by atomic mass is 10.1. The average molecular weight is 303 g/mol. The van der Waals surface area contributed by atoms with E-state index in [0.717, 1.165) is 35.4 Å². The van der Waals surface area contributed by atoms with Crippen LogP contribution in [-0.2, 0) is 11.3 Å². The fourth-order valence-electron chi connectivity index (χ4n) is 2.12. The van der Waals surface area contributed by atoms with Crippen molar-refractivity contribution in [1.82, 2.24) is 10.2 Å². The number of nitrogens with zero attached hydrogens (tertiary/aromatic N) is 1. The van der Waals surface area contributed by atoms with Crippen molar-refractivity contribution in [3.05, 3.63) is 21.3 Å². The number of carbonyl (C=O) groups is 1. The monoisotopic (exact) mass is 302 g/mol. The van der Waals surface area contributed by atoms with Crippen molar-refractivity contribution in [1.29, 1.82) is 0 Å². The fraction of sp³-hybridized carbons (Fsp3) is 0.615. The molecule has 1 fully saturated rings. The minimum atomic E-state index is -0.0149. The Balaban J connectivity index is 1.79. The third-order valence-corrected chi connectivity index (χ3v) is 4.45. The van der Waals surface area contributed by atoms with Gasteiger partial charge in [-0.25, -0.2) is 4.79 Å². The molecular formula is C13H19ClN2O2S. The van der Waals surface area contributed by atoms with Crippen LogP contribution in [-0.4, -0.2) is 37.2 Å². The molecule has 0 aliphatic carbocycles. The van der Waals surface area contributed by atoms with Crippen LogP contribution in [0.4, 0.5) is 4.79 Å². The van der Waals surface area contributed by atoms with E-state index in [0.29, 0.717) is 19.0 Å². The van der Waals surface area contributed by atoms with Crippen molar-refractivity contribution in [2.24, 2.45) is 5.92 Å². The summed E-state index contributed by atoms with van der Waals surface area (Å²) in [6.07, 6.45) is 1.05. The summed E-state index contributed by atoms with van der Waals surface area (Å²) >= 11 is 7.35. The van der Waals surface area contributed by atoms with Crippen molar-refractivity contribution in [3.63, 3.8) is 0 Å². The molecule has 0 radical (unpaired) electrons. The highest BCUT2D eigenvalue weighted by Crippen LogP contribution is 2.21. The first-order valence-corrected chi connectivity index (χ1v) is 7.73. The number of hydrogen-bond acceptors (Lipinski definition) is 3. The van der Waals surface area contributed by atoms with Crippen molar-refractivity contribution < 1.29 is 9.53 Å². The first kappa shape index (κ1) is 14.6. The standard InChI is InChI=1S/C13H19ClN2O2S/c1-2-16(8-10-5-6-18-9-10)13(17)15-7-11-3-4-12(14)19-11/h3-4,10H,2,5-9H2,1H3,(H,15,17)/t10-/m0/s1. The van der Waals surface area contributed by atoms with Gasteiger partial charge in [-0.15, -0.1) is 11.3 Å². The summed E-state index contributed by atoms with van der Waals surface area (Å²) in [5, 5.41) is 2.94. The normalized spacial score (nSPS) is 18.5. The molecular weight excluding hydrogens is 284 g/mol. The third-order valence-electron chi connectivity index (χ3n) is 3.21. The number of amides is 2. The smallest absolute Gasteiger partial charge is 0.317 e. The molecule has 2 amide bonds. The second kappa shape index (κ2) is 7.12. The predicted octanol–water partition coefficient (Wildman–Crippen LogP) is 2.97. The summed E-state index contributed by atoms with van der Waals surface area (Å²) in [5.41, 5.74) is 0. The molecule has 19 heavy (non-hydrogen) atoms. The Morgan fingerprint density at radius 1 is 1.63 bits per heavy atom. The summed E-state index contributed by atoms with van der Waals surface area (Å²) in [4.78, 5) is 15.0. The Morgan fingerprint density at radius 3 is 3.05 bits per heavy atom. The quantitative estimate of drug-likeness (QED) is 0.908. The van der Waals surface area contributed by atoms with E-state index in [-0.39, 0.29) is 6.03 Å². The van der Waals surface area contributed by atoms with Crippen LogP contribution in [0, 0.1) is 5.92 Å². The number of nitrogens with one attached hydrogen (secondary N) is 1. The summed E-state index contributed by atoms with van der Waals surface area (Å²) in [5.74, 6) is 0.474. The molecule has 0 saturated carbocycles. The molecule has 1 atom stereocenters. The highest BCUT2D eigenvalue weighted by molar-refractivity contribution is 7.16. The molecule has 0 spiro atoms. The number of hydrogen-bond donors (Lipinski definition) is 1. The first-order chi connectivity index (χ1) is 9.19. The number of halogens is 1. The molecule has 1 aromatic heterocycles. The molecule has 1 aliphatic rings. The van der Waals surface area contributed by atoms with Gasteiger partial charge in [0.25, 0.3) is 0 Å².